The van der Waals surface area contributed by atoms with Gasteiger partial charge in [0, 0.05) is 46.9 Å². The van der Waals surface area contributed by atoms with Crippen molar-refractivity contribution in [3.05, 3.63) is 42.0 Å². The van der Waals surface area contributed by atoms with E-state index in [1.165, 1.54) is 0 Å². The summed E-state index contributed by atoms with van der Waals surface area (Å²) in [7, 11) is -1.37. The highest BCUT2D eigenvalue weighted by Gasteiger charge is 2.29. The molecule has 0 bridgehead atoms. The Morgan fingerprint density at radius 3 is 2.57 bits per heavy atom. The normalized spacial score (nSPS) is 18.4. The summed E-state index contributed by atoms with van der Waals surface area (Å²) in [6.07, 6.45) is 10.5. The number of benzene rings is 1. The molecular formula is C32H47FN4O6S. The molecule has 244 valence electrons. The van der Waals surface area contributed by atoms with E-state index >= 15 is 4.39 Å². The number of carbonyl (C=O) groups is 1. The summed E-state index contributed by atoms with van der Waals surface area (Å²) in [5.74, 6) is -0.207. The third-order valence-corrected chi connectivity index (χ3v) is 11.6. The Morgan fingerprint density at radius 2 is 1.91 bits per heavy atom. The van der Waals surface area contributed by atoms with Crippen LogP contribution in [0.3, 0.4) is 0 Å². The second kappa shape index (κ2) is 15.5. The molecule has 2 aliphatic rings. The molecule has 2 unspecified atom stereocenters. The van der Waals surface area contributed by atoms with Crippen molar-refractivity contribution in [2.75, 3.05) is 56.9 Å². The molecular weight excluding hydrogens is 587 g/mol. The molecule has 2 aliphatic heterocycles. The van der Waals surface area contributed by atoms with Gasteiger partial charge >= 0.3 is 5.97 Å². The number of carbonyl (C=O) groups excluding carboxylic acids is 1. The molecule has 0 N–H and O–H groups in total. The average molecular weight is 635 g/mol. The maximum atomic E-state index is 15.4. The number of aromatic nitrogens is 2. The number of nitrogens with zero attached hydrogens (tertiary/aromatic N) is 4. The third kappa shape index (κ3) is 9.35. The molecule has 1 aromatic heterocycles. The van der Waals surface area contributed by atoms with Crippen LogP contribution in [0.4, 0.5) is 10.3 Å². The Labute approximate surface area is 262 Å². The summed E-state index contributed by atoms with van der Waals surface area (Å²) < 4.78 is 38.5. The molecule has 2 atom stereocenters. The number of halogens is 1. The van der Waals surface area contributed by atoms with Gasteiger partial charge in [0.1, 0.15) is 12.4 Å². The van der Waals surface area contributed by atoms with Crippen molar-refractivity contribution in [2.24, 2.45) is 11.1 Å². The summed E-state index contributed by atoms with van der Waals surface area (Å²) in [5.41, 5.74) is 2.40. The second-order valence-electron chi connectivity index (χ2n) is 12.5. The predicted octanol–water partition coefficient (Wildman–Crippen LogP) is 5.88. The number of oxime groups is 1. The van der Waals surface area contributed by atoms with Gasteiger partial charge in [-0.1, -0.05) is 51.0 Å². The van der Waals surface area contributed by atoms with Crippen LogP contribution in [-0.4, -0.2) is 84.7 Å². The number of ether oxygens (including phenoxy) is 3. The largest absolute Gasteiger partial charge is 0.465 e. The molecule has 0 radical (unpaired) electrons. The van der Waals surface area contributed by atoms with E-state index in [1.807, 2.05) is 11.0 Å². The monoisotopic (exact) mass is 634 g/mol. The van der Waals surface area contributed by atoms with Crippen LogP contribution in [-0.2, 0) is 34.6 Å². The van der Waals surface area contributed by atoms with Crippen LogP contribution in [0.5, 0.6) is 0 Å². The first-order valence-electron chi connectivity index (χ1n) is 15.3. The first-order chi connectivity index (χ1) is 21.0. The Kier molecular flexibility index (Phi) is 12.0. The van der Waals surface area contributed by atoms with Gasteiger partial charge in [-0.3, -0.25) is 4.79 Å². The minimum Gasteiger partial charge on any atom is -0.465 e. The van der Waals surface area contributed by atoms with E-state index in [1.54, 1.807) is 31.5 Å². The van der Waals surface area contributed by atoms with Gasteiger partial charge in [0.15, 0.2) is 6.29 Å². The Balaban J connectivity index is 1.27. The average Bonchev–Trinajstić information content (AvgIpc) is 2.98. The van der Waals surface area contributed by atoms with Gasteiger partial charge in [0.05, 0.1) is 44.5 Å². The number of hydrogen-bond acceptors (Lipinski definition) is 10. The molecule has 2 aromatic rings. The fourth-order valence-corrected chi connectivity index (χ4v) is 5.07. The lowest BCUT2D eigenvalue weighted by atomic mass is 10.1. The van der Waals surface area contributed by atoms with Crippen molar-refractivity contribution in [1.82, 2.24) is 9.97 Å². The van der Waals surface area contributed by atoms with Crippen LogP contribution in [0.2, 0.25) is 0 Å². The van der Waals surface area contributed by atoms with Crippen molar-refractivity contribution in [3.8, 4) is 11.1 Å². The molecule has 1 aromatic carbocycles. The molecule has 0 amide bonds. The SMILES string of the molecule is CCC(=O)OCC(CON=C1CN(c2ncc(-c3cccc(COS(C)(C)C(C)(C)C)c3F)cn2)C1)COC1CCCCO1. The van der Waals surface area contributed by atoms with Crippen LogP contribution in [0.25, 0.3) is 11.1 Å². The first kappa shape index (κ1) is 34.1. The fourth-order valence-electron chi connectivity index (χ4n) is 4.30. The van der Waals surface area contributed by atoms with E-state index in [4.69, 9.17) is 23.2 Å². The molecule has 0 spiro atoms. The van der Waals surface area contributed by atoms with Crippen molar-refractivity contribution in [1.29, 1.82) is 0 Å². The van der Waals surface area contributed by atoms with E-state index in [0.717, 1.165) is 25.0 Å². The van der Waals surface area contributed by atoms with E-state index in [0.29, 0.717) is 55.4 Å². The summed E-state index contributed by atoms with van der Waals surface area (Å²) in [6, 6.07) is 5.32. The van der Waals surface area contributed by atoms with Crippen molar-refractivity contribution < 1.29 is 32.4 Å². The van der Waals surface area contributed by atoms with Gasteiger partial charge < -0.3 is 28.1 Å². The molecule has 4 rings (SSSR count). The minimum absolute atomic E-state index is 0.00940. The van der Waals surface area contributed by atoms with Crippen molar-refractivity contribution >= 4 is 27.9 Å². The third-order valence-electron chi connectivity index (χ3n) is 7.97. The van der Waals surface area contributed by atoms with Gasteiger partial charge in [-0.15, -0.1) is 10.3 Å². The Morgan fingerprint density at radius 1 is 1.16 bits per heavy atom. The topological polar surface area (TPSA) is 105 Å². The van der Waals surface area contributed by atoms with Gasteiger partial charge in [-0.2, -0.15) is 0 Å². The number of anilines is 1. The van der Waals surface area contributed by atoms with E-state index < -0.39 is 10.3 Å². The quantitative estimate of drug-likeness (QED) is 0.186. The van der Waals surface area contributed by atoms with E-state index in [2.05, 4.69) is 48.4 Å². The maximum Gasteiger partial charge on any atom is 0.305 e. The molecule has 2 saturated heterocycles. The Hall–Kier alpha value is -2.80. The zero-order valence-corrected chi connectivity index (χ0v) is 27.7. The minimum atomic E-state index is -1.37. The van der Waals surface area contributed by atoms with E-state index in [-0.39, 0.29) is 48.6 Å². The highest BCUT2D eigenvalue weighted by atomic mass is 32.3. The van der Waals surface area contributed by atoms with Crippen LogP contribution >= 0.6 is 10.3 Å². The second-order valence-corrected chi connectivity index (χ2v) is 16.4. The smallest absolute Gasteiger partial charge is 0.305 e. The van der Waals surface area contributed by atoms with Gasteiger partial charge in [0.25, 0.3) is 0 Å². The van der Waals surface area contributed by atoms with Gasteiger partial charge in [-0.25, -0.2) is 14.4 Å². The summed E-state index contributed by atoms with van der Waals surface area (Å²) >= 11 is 0. The summed E-state index contributed by atoms with van der Waals surface area (Å²) in [4.78, 5) is 28.2. The van der Waals surface area contributed by atoms with Crippen LogP contribution < -0.4 is 4.90 Å². The zero-order valence-electron chi connectivity index (χ0n) is 26.8. The lowest BCUT2D eigenvalue weighted by Crippen LogP contribution is -2.48. The number of hydrogen-bond donors (Lipinski definition) is 0. The van der Waals surface area contributed by atoms with Crippen molar-refractivity contribution in [2.45, 2.75) is 71.0 Å². The number of rotatable bonds is 14. The summed E-state index contributed by atoms with van der Waals surface area (Å²) in [5, 5.41) is 4.26. The van der Waals surface area contributed by atoms with Gasteiger partial charge in [-0.05, 0) is 31.8 Å². The highest BCUT2D eigenvalue weighted by Crippen LogP contribution is 2.54. The zero-order chi connectivity index (χ0) is 31.7. The van der Waals surface area contributed by atoms with E-state index in [9.17, 15) is 4.79 Å². The Bertz CT molecular complexity index is 1260. The lowest BCUT2D eigenvalue weighted by molar-refractivity contribution is -0.176. The standard InChI is InChI=1S/C32H47FN4O6S/c1-7-28(38)40-19-23(20-41-29-13-8-9-14-39-29)21-42-36-26-17-37(18-26)31-34-15-25(16-35-31)27-12-10-11-24(30(27)33)22-43-44(5,6)32(2,3)4/h10-12,15-16,23,29H,7-9,13-14,17-22H2,1-6H3. The molecule has 0 aliphatic carbocycles. The predicted molar refractivity (Wildman–Crippen MR) is 171 cm³/mol. The molecule has 2 fully saturated rings. The van der Waals surface area contributed by atoms with Crippen LogP contribution in [0, 0.1) is 11.7 Å². The van der Waals surface area contributed by atoms with Crippen molar-refractivity contribution in [3.63, 3.8) is 0 Å². The highest BCUT2D eigenvalue weighted by molar-refractivity contribution is 8.29. The molecule has 10 nitrogen and oxygen atoms in total. The fraction of sp³-hybridized carbons (Fsp3) is 0.625. The molecule has 44 heavy (non-hydrogen) atoms. The lowest BCUT2D eigenvalue weighted by Gasteiger charge is -2.43. The molecule has 3 heterocycles. The van der Waals surface area contributed by atoms with Crippen LogP contribution in [0.15, 0.2) is 35.7 Å². The first-order valence-corrected chi connectivity index (χ1v) is 17.6. The maximum absolute atomic E-state index is 15.4. The summed E-state index contributed by atoms with van der Waals surface area (Å²) in [6.45, 7) is 10.9. The molecule has 0 saturated carbocycles. The molecule has 12 heteroatoms. The van der Waals surface area contributed by atoms with Crippen LogP contribution in [0.1, 0.15) is 58.9 Å². The number of esters is 1. The van der Waals surface area contributed by atoms with Gasteiger partial charge in [0.2, 0.25) is 5.95 Å².